The molecule has 19 heavy (non-hydrogen) atoms. The van der Waals surface area contributed by atoms with Crippen molar-refractivity contribution < 1.29 is 9.22 Å². The molecule has 1 N–H and O–H groups in total. The van der Waals surface area contributed by atoms with E-state index in [-0.39, 0.29) is 29.3 Å². The van der Waals surface area contributed by atoms with Crippen molar-refractivity contribution in [2.24, 2.45) is 5.92 Å². The number of benzene rings is 1. The third kappa shape index (κ3) is 1.53. The lowest BCUT2D eigenvalue weighted by Gasteiger charge is -2.58. The molecule has 2 heteroatoms. The Morgan fingerprint density at radius 1 is 1.37 bits per heavy atom. The van der Waals surface area contributed by atoms with E-state index in [0.717, 1.165) is 36.9 Å². The van der Waals surface area contributed by atoms with Crippen molar-refractivity contribution in [3.8, 4) is 5.75 Å². The van der Waals surface area contributed by atoms with E-state index < -0.39 is 0 Å². The molecule has 2 aliphatic carbocycles. The summed E-state index contributed by atoms with van der Waals surface area (Å²) in [4.78, 5) is 2.41. The minimum Gasteiger partial charge on any atom is -0.508 e. The number of fused-ring (bicyclic) bond motifs is 1. The van der Waals surface area contributed by atoms with Gasteiger partial charge in [-0.3, -0.25) is 0 Å². The monoisotopic (exact) mass is 260 g/mol. The molecule has 2 bridgehead atoms. The first-order valence-electron chi connectivity index (χ1n) is 8.99. The van der Waals surface area contributed by atoms with Crippen molar-refractivity contribution in [2.45, 2.75) is 50.0 Å². The van der Waals surface area contributed by atoms with Gasteiger partial charge in [0.15, 0.2) is 0 Å². The topological polar surface area (TPSA) is 23.5 Å². The van der Waals surface area contributed by atoms with Gasteiger partial charge in [-0.1, -0.05) is 18.9 Å². The second kappa shape index (κ2) is 3.99. The predicted octanol–water partition coefficient (Wildman–Crippen LogP) is 3.08. The summed E-state index contributed by atoms with van der Waals surface area (Å²) >= 11 is 0. The average molecular weight is 260 g/mol. The zero-order valence-corrected chi connectivity index (χ0v) is 11.5. The van der Waals surface area contributed by atoms with Gasteiger partial charge in [-0.25, -0.2) is 0 Å². The van der Waals surface area contributed by atoms with Gasteiger partial charge in [0.25, 0.3) is 0 Å². The van der Waals surface area contributed by atoms with E-state index in [1.807, 2.05) is 0 Å². The molecule has 0 aromatic heterocycles. The maximum Gasteiger partial charge on any atom is 0.115 e. The summed E-state index contributed by atoms with van der Waals surface area (Å²) < 4.78 is 24.7. The van der Waals surface area contributed by atoms with Crippen LogP contribution >= 0.6 is 0 Å². The van der Waals surface area contributed by atoms with Crippen LogP contribution in [0.3, 0.4) is 0 Å². The lowest BCUT2D eigenvalue weighted by Crippen LogP contribution is -2.59. The number of phenols is 1. The Hall–Kier alpha value is -1.02. The molecule has 1 aliphatic heterocycles. The Balaban J connectivity index is 2.01. The summed E-state index contributed by atoms with van der Waals surface area (Å²) in [5, 5.41) is 10.2. The number of nitrogens with zero attached hydrogens (tertiary/aromatic N) is 1. The standard InChI is InChI=1S/C17H23NO/c1-18-9-8-17-7-3-2-4-14(17)16(18)10-12-5-6-13(19)11-15(12)17/h5-6,11,14,16,19H,2-4,7-10H2,1H3/t14-,16-,17-/m0/s1/i5D,6D,11D. The van der Waals surface area contributed by atoms with E-state index in [9.17, 15) is 5.11 Å². The van der Waals surface area contributed by atoms with E-state index in [0.29, 0.717) is 12.0 Å². The van der Waals surface area contributed by atoms with E-state index in [4.69, 9.17) is 4.11 Å². The van der Waals surface area contributed by atoms with Gasteiger partial charge in [-0.15, -0.1) is 0 Å². The molecule has 2 fully saturated rings. The molecule has 1 heterocycles. The summed E-state index contributed by atoms with van der Waals surface area (Å²) in [6.07, 6.45) is 6.44. The van der Waals surface area contributed by atoms with Crippen LogP contribution in [0.5, 0.6) is 5.75 Å². The number of piperidine rings is 1. The Kier molecular flexibility index (Phi) is 1.89. The normalized spacial score (nSPS) is 39.7. The molecule has 0 amide bonds. The van der Waals surface area contributed by atoms with Crippen LogP contribution in [0.25, 0.3) is 0 Å². The summed E-state index contributed by atoms with van der Waals surface area (Å²) in [6, 6.07) is 0.530. The maximum absolute atomic E-state index is 10.2. The number of aromatic hydroxyl groups is 1. The molecule has 1 aromatic carbocycles. The lowest BCUT2D eigenvalue weighted by atomic mass is 9.52. The van der Waals surface area contributed by atoms with E-state index in [1.165, 1.54) is 19.3 Å². The highest BCUT2D eigenvalue weighted by Gasteiger charge is 2.52. The molecular formula is C17H23NO. The molecular weight excluding hydrogens is 234 g/mol. The van der Waals surface area contributed by atoms with Gasteiger partial charge in [-0.05, 0) is 68.4 Å². The number of likely N-dealkylation sites (N-methyl/N-ethyl adjacent to an activating group) is 1. The quantitative estimate of drug-likeness (QED) is 0.775. The van der Waals surface area contributed by atoms with Gasteiger partial charge < -0.3 is 10.0 Å². The fourth-order valence-electron chi connectivity index (χ4n) is 4.93. The predicted molar refractivity (Wildman–Crippen MR) is 76.5 cm³/mol. The Labute approximate surface area is 119 Å². The van der Waals surface area contributed by atoms with Crippen molar-refractivity contribution >= 4 is 0 Å². The first kappa shape index (κ1) is 9.02. The molecule has 102 valence electrons. The first-order chi connectivity index (χ1) is 10.5. The van der Waals surface area contributed by atoms with E-state index >= 15 is 0 Å². The third-order valence-electron chi connectivity index (χ3n) is 5.83. The zero-order chi connectivity index (χ0) is 15.6. The molecule has 0 radical (unpaired) electrons. The molecule has 1 saturated heterocycles. The molecule has 2 nitrogen and oxygen atoms in total. The van der Waals surface area contributed by atoms with Crippen LogP contribution < -0.4 is 0 Å². The number of phenolic OH excluding ortho intramolecular Hbond substituents is 1. The number of likely N-dealkylation sites (tertiary alicyclic amines) is 1. The smallest absolute Gasteiger partial charge is 0.115 e. The van der Waals surface area contributed by atoms with Crippen LogP contribution in [-0.4, -0.2) is 29.6 Å². The first-order valence-corrected chi connectivity index (χ1v) is 7.49. The second-order valence-electron chi connectivity index (χ2n) is 6.59. The Morgan fingerprint density at radius 2 is 2.26 bits per heavy atom. The molecule has 4 rings (SSSR count). The van der Waals surface area contributed by atoms with Crippen LogP contribution in [0.2, 0.25) is 0 Å². The van der Waals surface area contributed by atoms with Gasteiger partial charge in [-0.2, -0.15) is 0 Å². The SMILES string of the molecule is [2H]c1c([2H])c2c(c([2H])c1O)[C@]13CCCC[C@H]1[C@H](C2)N(C)CC3. The highest BCUT2D eigenvalue weighted by atomic mass is 16.3. The Morgan fingerprint density at radius 3 is 3.16 bits per heavy atom. The van der Waals surface area contributed by atoms with Gasteiger partial charge in [0, 0.05) is 11.5 Å². The van der Waals surface area contributed by atoms with Gasteiger partial charge in [0.2, 0.25) is 0 Å². The third-order valence-corrected chi connectivity index (χ3v) is 5.83. The van der Waals surface area contributed by atoms with Crippen molar-refractivity contribution in [1.82, 2.24) is 4.90 Å². The van der Waals surface area contributed by atoms with Crippen LogP contribution in [0.15, 0.2) is 18.1 Å². The average Bonchev–Trinajstić information content (AvgIpc) is 2.53. The van der Waals surface area contributed by atoms with E-state index in [1.54, 1.807) is 0 Å². The maximum atomic E-state index is 10.2. The molecule has 3 aliphatic rings. The van der Waals surface area contributed by atoms with Crippen molar-refractivity contribution in [1.29, 1.82) is 0 Å². The highest BCUT2D eigenvalue weighted by Crippen LogP contribution is 2.55. The van der Waals surface area contributed by atoms with Crippen molar-refractivity contribution in [2.75, 3.05) is 13.6 Å². The van der Waals surface area contributed by atoms with Gasteiger partial charge >= 0.3 is 0 Å². The van der Waals surface area contributed by atoms with Gasteiger partial charge in [0.05, 0.1) is 4.11 Å². The second-order valence-corrected chi connectivity index (χ2v) is 6.59. The minimum absolute atomic E-state index is 0.0406. The molecule has 1 aromatic rings. The summed E-state index contributed by atoms with van der Waals surface area (Å²) in [5.74, 6) is 0.242. The van der Waals surface area contributed by atoms with Crippen LogP contribution in [-0.2, 0) is 11.8 Å². The largest absolute Gasteiger partial charge is 0.508 e. The summed E-state index contributed by atoms with van der Waals surface area (Å²) in [7, 11) is 2.17. The molecule has 0 spiro atoms. The summed E-state index contributed by atoms with van der Waals surface area (Å²) in [5.41, 5.74) is 1.74. The van der Waals surface area contributed by atoms with Crippen molar-refractivity contribution in [3.05, 3.63) is 29.3 Å². The van der Waals surface area contributed by atoms with Crippen LogP contribution in [0.1, 0.15) is 47.3 Å². The number of rotatable bonds is 0. The molecule has 0 unspecified atom stereocenters. The summed E-state index contributed by atoms with van der Waals surface area (Å²) in [6.45, 7) is 1.02. The highest BCUT2D eigenvalue weighted by molar-refractivity contribution is 5.45. The van der Waals surface area contributed by atoms with Crippen LogP contribution in [0.4, 0.5) is 0 Å². The lowest BCUT2D eigenvalue weighted by molar-refractivity contribution is 0.00274. The number of hydrogen-bond acceptors (Lipinski definition) is 2. The van der Waals surface area contributed by atoms with Gasteiger partial charge in [0.1, 0.15) is 5.75 Å². The fraction of sp³-hybridized carbons (Fsp3) is 0.647. The Bertz CT molecular complexity index is 648. The molecule has 1 saturated carbocycles. The van der Waals surface area contributed by atoms with E-state index in [2.05, 4.69) is 11.9 Å². The number of hydrogen-bond donors (Lipinski definition) is 1. The van der Waals surface area contributed by atoms with Crippen molar-refractivity contribution in [3.63, 3.8) is 0 Å². The van der Waals surface area contributed by atoms with Crippen LogP contribution in [0, 0.1) is 5.92 Å². The fourth-order valence-corrected chi connectivity index (χ4v) is 4.93. The molecule has 3 atom stereocenters. The zero-order valence-electron chi connectivity index (χ0n) is 14.5. The minimum atomic E-state index is -0.292.